The van der Waals surface area contributed by atoms with Gasteiger partial charge in [0.1, 0.15) is 0 Å². The van der Waals surface area contributed by atoms with Crippen molar-refractivity contribution in [3.63, 3.8) is 0 Å². The zero-order chi connectivity index (χ0) is 16.0. The van der Waals surface area contributed by atoms with E-state index >= 15 is 0 Å². The van der Waals surface area contributed by atoms with Gasteiger partial charge in [0.05, 0.1) is 17.5 Å². The van der Waals surface area contributed by atoms with E-state index < -0.39 is 10.0 Å². The first-order valence-electron chi connectivity index (χ1n) is 6.79. The molecule has 0 aliphatic heterocycles. The van der Waals surface area contributed by atoms with Crippen LogP contribution >= 0.6 is 0 Å². The summed E-state index contributed by atoms with van der Waals surface area (Å²) >= 11 is 0. The van der Waals surface area contributed by atoms with Crippen LogP contribution in [0.5, 0.6) is 0 Å². The van der Waals surface area contributed by atoms with Crippen molar-refractivity contribution in [2.24, 2.45) is 5.14 Å². The lowest BCUT2D eigenvalue weighted by atomic mass is 10.0. The Labute approximate surface area is 125 Å². The molecule has 1 atom stereocenters. The summed E-state index contributed by atoms with van der Waals surface area (Å²) < 4.78 is 27.9. The number of carbonyl (C=O) groups is 1. The van der Waals surface area contributed by atoms with Crippen LogP contribution in [0.15, 0.2) is 23.1 Å². The van der Waals surface area contributed by atoms with E-state index in [0.29, 0.717) is 18.6 Å². The van der Waals surface area contributed by atoms with Crippen LogP contribution in [0, 0.1) is 0 Å². The maximum Gasteiger partial charge on any atom is 0.251 e. The van der Waals surface area contributed by atoms with Crippen LogP contribution in [0.2, 0.25) is 0 Å². The molecule has 0 saturated heterocycles. The van der Waals surface area contributed by atoms with E-state index in [4.69, 9.17) is 9.88 Å². The molecule has 7 heteroatoms. The van der Waals surface area contributed by atoms with Gasteiger partial charge < -0.3 is 10.1 Å². The standard InChI is InChI=1S/C14H22N2O4S/c1-4-10-6-7-12(21(15,18)19)8-13(10)14(17)16-11(5-2)9-20-3/h6-8,11H,4-5,9H2,1-3H3,(H,16,17)(H2,15,18,19). The van der Waals surface area contributed by atoms with Crippen molar-refractivity contribution in [3.8, 4) is 0 Å². The molecule has 0 fully saturated rings. The lowest BCUT2D eigenvalue weighted by Gasteiger charge is -2.17. The number of hydrogen-bond donors (Lipinski definition) is 2. The summed E-state index contributed by atoms with van der Waals surface area (Å²) in [7, 11) is -2.27. The molecule has 0 aliphatic carbocycles. The van der Waals surface area contributed by atoms with Gasteiger partial charge in [0.25, 0.3) is 5.91 Å². The van der Waals surface area contributed by atoms with E-state index in [1.165, 1.54) is 12.1 Å². The summed E-state index contributed by atoms with van der Waals surface area (Å²) in [5.74, 6) is -0.318. The molecule has 1 aromatic carbocycles. The van der Waals surface area contributed by atoms with Gasteiger partial charge in [-0.25, -0.2) is 13.6 Å². The molecular weight excluding hydrogens is 292 g/mol. The molecule has 1 rings (SSSR count). The first-order chi connectivity index (χ1) is 9.83. The van der Waals surface area contributed by atoms with Gasteiger partial charge in [0.15, 0.2) is 0 Å². The van der Waals surface area contributed by atoms with Gasteiger partial charge in [-0.15, -0.1) is 0 Å². The molecule has 0 spiro atoms. The van der Waals surface area contributed by atoms with E-state index in [2.05, 4.69) is 5.32 Å². The van der Waals surface area contributed by atoms with Gasteiger partial charge >= 0.3 is 0 Å². The van der Waals surface area contributed by atoms with Gasteiger partial charge in [0.2, 0.25) is 10.0 Å². The van der Waals surface area contributed by atoms with Crippen LogP contribution in [0.25, 0.3) is 0 Å². The number of hydrogen-bond acceptors (Lipinski definition) is 4. The minimum absolute atomic E-state index is 0.0651. The molecule has 3 N–H and O–H groups in total. The first kappa shape index (κ1) is 17.6. The Morgan fingerprint density at radius 1 is 1.38 bits per heavy atom. The molecule has 6 nitrogen and oxygen atoms in total. The van der Waals surface area contributed by atoms with Crippen molar-refractivity contribution in [2.75, 3.05) is 13.7 Å². The highest BCUT2D eigenvalue weighted by molar-refractivity contribution is 7.89. The topological polar surface area (TPSA) is 98.5 Å². The normalized spacial score (nSPS) is 13.0. The third kappa shape index (κ3) is 4.80. The smallest absolute Gasteiger partial charge is 0.251 e. The summed E-state index contributed by atoms with van der Waals surface area (Å²) in [4.78, 5) is 12.3. The average molecular weight is 314 g/mol. The second-order valence-electron chi connectivity index (χ2n) is 4.75. The van der Waals surface area contributed by atoms with E-state index in [0.717, 1.165) is 12.0 Å². The number of rotatable bonds is 7. The predicted octanol–water partition coefficient (Wildman–Crippen LogP) is 1.05. The molecular formula is C14H22N2O4S. The zero-order valence-corrected chi connectivity index (χ0v) is 13.4. The minimum Gasteiger partial charge on any atom is -0.383 e. The van der Waals surface area contributed by atoms with Crippen molar-refractivity contribution in [3.05, 3.63) is 29.3 Å². The van der Waals surface area contributed by atoms with Crippen molar-refractivity contribution in [1.29, 1.82) is 0 Å². The third-order valence-corrected chi connectivity index (χ3v) is 4.14. The molecule has 118 valence electrons. The average Bonchev–Trinajstić information content (AvgIpc) is 2.44. The number of primary sulfonamides is 1. The van der Waals surface area contributed by atoms with E-state index in [1.54, 1.807) is 13.2 Å². The summed E-state index contributed by atoms with van der Waals surface area (Å²) in [5.41, 5.74) is 1.10. The zero-order valence-electron chi connectivity index (χ0n) is 12.5. The lowest BCUT2D eigenvalue weighted by molar-refractivity contribution is 0.0893. The largest absolute Gasteiger partial charge is 0.383 e. The molecule has 0 aromatic heterocycles. The highest BCUT2D eigenvalue weighted by Crippen LogP contribution is 2.16. The number of benzene rings is 1. The van der Waals surface area contributed by atoms with Crippen molar-refractivity contribution in [1.82, 2.24) is 5.32 Å². The van der Waals surface area contributed by atoms with Crippen molar-refractivity contribution in [2.45, 2.75) is 37.6 Å². The number of amides is 1. The quantitative estimate of drug-likeness (QED) is 0.786. The van der Waals surface area contributed by atoms with E-state index in [9.17, 15) is 13.2 Å². The molecule has 1 unspecified atom stereocenters. The van der Waals surface area contributed by atoms with Crippen LogP contribution in [0.4, 0.5) is 0 Å². The number of aryl methyl sites for hydroxylation is 1. The highest BCUT2D eigenvalue weighted by Gasteiger charge is 2.18. The lowest BCUT2D eigenvalue weighted by Crippen LogP contribution is -2.38. The third-order valence-electron chi connectivity index (χ3n) is 3.23. The molecule has 0 heterocycles. The molecule has 0 bridgehead atoms. The molecule has 0 aliphatic rings. The Kier molecular flexibility index (Phi) is 6.32. The van der Waals surface area contributed by atoms with Gasteiger partial charge in [-0.3, -0.25) is 4.79 Å². The predicted molar refractivity (Wildman–Crippen MR) is 80.6 cm³/mol. The summed E-state index contributed by atoms with van der Waals surface area (Å²) in [6.45, 7) is 4.24. The number of nitrogens with two attached hydrogens (primary N) is 1. The SMILES string of the molecule is CCc1ccc(S(N)(=O)=O)cc1C(=O)NC(CC)COC. The molecule has 21 heavy (non-hydrogen) atoms. The van der Waals surface area contributed by atoms with Crippen molar-refractivity contribution >= 4 is 15.9 Å². The van der Waals surface area contributed by atoms with Gasteiger partial charge in [-0.05, 0) is 30.5 Å². The van der Waals surface area contributed by atoms with Crippen LogP contribution in [0.1, 0.15) is 36.2 Å². The Hall–Kier alpha value is -1.44. The van der Waals surface area contributed by atoms with Gasteiger partial charge in [0, 0.05) is 12.7 Å². The van der Waals surface area contributed by atoms with Crippen LogP contribution < -0.4 is 10.5 Å². The fourth-order valence-electron chi connectivity index (χ4n) is 1.98. The Bertz CT molecular complexity index is 599. The molecule has 0 radical (unpaired) electrons. The fraction of sp³-hybridized carbons (Fsp3) is 0.500. The van der Waals surface area contributed by atoms with Crippen LogP contribution in [-0.4, -0.2) is 34.1 Å². The number of nitrogens with one attached hydrogen (secondary N) is 1. The van der Waals surface area contributed by atoms with Crippen LogP contribution in [-0.2, 0) is 21.2 Å². The maximum absolute atomic E-state index is 12.3. The Balaban J connectivity index is 3.11. The fourth-order valence-corrected chi connectivity index (χ4v) is 2.52. The summed E-state index contributed by atoms with van der Waals surface area (Å²) in [6, 6.07) is 4.23. The number of carbonyl (C=O) groups excluding carboxylic acids is 1. The first-order valence-corrected chi connectivity index (χ1v) is 8.33. The second-order valence-corrected chi connectivity index (χ2v) is 6.31. The number of sulfonamides is 1. The van der Waals surface area contributed by atoms with E-state index in [-0.39, 0.29) is 16.8 Å². The maximum atomic E-state index is 12.3. The van der Waals surface area contributed by atoms with Crippen molar-refractivity contribution < 1.29 is 17.9 Å². The highest BCUT2D eigenvalue weighted by atomic mass is 32.2. The monoisotopic (exact) mass is 314 g/mol. The Morgan fingerprint density at radius 3 is 2.52 bits per heavy atom. The Morgan fingerprint density at radius 2 is 2.05 bits per heavy atom. The van der Waals surface area contributed by atoms with Gasteiger partial charge in [-0.1, -0.05) is 19.9 Å². The number of methoxy groups -OCH3 is 1. The molecule has 0 saturated carbocycles. The molecule has 1 amide bonds. The summed E-state index contributed by atoms with van der Waals surface area (Å²) in [5, 5.41) is 7.95. The molecule has 1 aromatic rings. The van der Waals surface area contributed by atoms with Crippen LogP contribution in [0.3, 0.4) is 0 Å². The number of ether oxygens (including phenoxy) is 1. The van der Waals surface area contributed by atoms with E-state index in [1.807, 2.05) is 13.8 Å². The minimum atomic E-state index is -3.83. The van der Waals surface area contributed by atoms with Gasteiger partial charge in [-0.2, -0.15) is 0 Å². The second kappa shape index (κ2) is 7.53. The summed E-state index contributed by atoms with van der Waals surface area (Å²) in [6.07, 6.45) is 1.34.